The van der Waals surface area contributed by atoms with Gasteiger partial charge in [0.15, 0.2) is 4.90 Å². The molecule has 1 saturated heterocycles. The lowest BCUT2D eigenvalue weighted by atomic mass is 9.95. The Kier molecular flexibility index (Phi) is 14.5. The number of nitrogens with zero attached hydrogens (tertiary/aromatic N) is 3. The largest absolute Gasteiger partial charge is 0.612 e. The molecule has 1 aromatic heterocycles. The summed E-state index contributed by atoms with van der Waals surface area (Å²) >= 11 is 1.07. The minimum atomic E-state index is -5.64. The molecule has 17 heteroatoms. The highest BCUT2D eigenvalue weighted by Gasteiger charge is 2.48. The molecule has 0 amide bonds. The first-order valence-electron chi connectivity index (χ1n) is 20.5. The first kappa shape index (κ1) is 47.2. The van der Waals surface area contributed by atoms with Crippen molar-refractivity contribution in [2.24, 2.45) is 0 Å². The molecule has 64 heavy (non-hydrogen) atoms. The van der Waals surface area contributed by atoms with Crippen LogP contribution in [0.25, 0.3) is 22.4 Å². The molecule has 8 nitrogen and oxygen atoms in total. The highest BCUT2D eigenvalue weighted by Crippen LogP contribution is 2.46. The summed E-state index contributed by atoms with van der Waals surface area (Å²) in [6.45, 7) is 10.4. The zero-order valence-electron chi connectivity index (χ0n) is 35.8. The fourth-order valence-corrected chi connectivity index (χ4v) is 11.5. The molecule has 1 aliphatic heterocycles. The van der Waals surface area contributed by atoms with Crippen LogP contribution < -0.4 is 19.8 Å². The second kappa shape index (κ2) is 19.7. The molecule has 1 fully saturated rings. The molecule has 0 aliphatic carbocycles. The summed E-state index contributed by atoms with van der Waals surface area (Å²) in [4.78, 5) is 5.37. The number of alkyl halides is 3. The van der Waals surface area contributed by atoms with Gasteiger partial charge in [-0.05, 0) is 159 Å². The van der Waals surface area contributed by atoms with E-state index in [2.05, 4.69) is 24.4 Å². The highest BCUT2D eigenvalue weighted by molar-refractivity contribution is 8.00. The minimum Gasteiger partial charge on any atom is -0.612 e. The average Bonchev–Trinajstić information content (AvgIpc) is 3.59. The van der Waals surface area contributed by atoms with Crippen molar-refractivity contribution in [3.05, 3.63) is 132 Å². The van der Waals surface area contributed by atoms with Crippen molar-refractivity contribution in [1.29, 1.82) is 0 Å². The molecule has 1 aliphatic rings. The van der Waals surface area contributed by atoms with Crippen LogP contribution in [0.3, 0.4) is 0 Å². The van der Waals surface area contributed by atoms with E-state index in [-0.39, 0.29) is 34.8 Å². The van der Waals surface area contributed by atoms with Crippen LogP contribution in [-0.2, 0) is 21.0 Å². The van der Waals surface area contributed by atoms with Crippen LogP contribution in [0.1, 0.15) is 31.1 Å². The van der Waals surface area contributed by atoms with Gasteiger partial charge in [-0.3, -0.25) is 0 Å². The number of hydrogen-bond acceptors (Lipinski definition) is 9. The van der Waals surface area contributed by atoms with Gasteiger partial charge in [0.2, 0.25) is 0 Å². The predicted octanol–water partition coefficient (Wildman–Crippen LogP) is 12.0. The zero-order valence-corrected chi connectivity index (χ0v) is 39.1. The van der Waals surface area contributed by atoms with Crippen molar-refractivity contribution in [3.8, 4) is 22.4 Å². The monoisotopic (exact) mass is 953 g/mol. The molecule has 0 saturated carbocycles. The van der Waals surface area contributed by atoms with E-state index in [1.54, 1.807) is 31.4 Å². The van der Waals surface area contributed by atoms with E-state index >= 15 is 4.39 Å². The number of benzene rings is 5. The molecular formula is C47H48F5N5O3S4. The van der Waals surface area contributed by atoms with Crippen molar-refractivity contribution >= 4 is 67.5 Å². The summed E-state index contributed by atoms with van der Waals surface area (Å²) in [5.41, 5.74) is 0.724. The Hall–Kier alpha value is -4.81. The van der Waals surface area contributed by atoms with Crippen molar-refractivity contribution in [3.63, 3.8) is 0 Å². The number of piperazine rings is 1. The van der Waals surface area contributed by atoms with Crippen LogP contribution in [0, 0.1) is 25.5 Å². The van der Waals surface area contributed by atoms with Crippen LogP contribution >= 0.6 is 23.7 Å². The Balaban J connectivity index is 1.04. The van der Waals surface area contributed by atoms with Crippen LogP contribution in [0.15, 0.2) is 129 Å². The number of hydrogen-bond donors (Lipinski definition) is 2. The summed E-state index contributed by atoms with van der Waals surface area (Å²) in [6, 6.07) is 30.6. The van der Waals surface area contributed by atoms with E-state index in [1.165, 1.54) is 36.0 Å². The molecule has 0 radical (unpaired) electrons. The molecule has 1 unspecified atom stereocenters. The Morgan fingerprint density at radius 1 is 0.812 bits per heavy atom. The highest BCUT2D eigenvalue weighted by atomic mass is 32.2. The van der Waals surface area contributed by atoms with E-state index in [4.69, 9.17) is 0 Å². The Morgan fingerprint density at radius 2 is 1.45 bits per heavy atom. The van der Waals surface area contributed by atoms with Gasteiger partial charge in [0.25, 0.3) is 9.84 Å². The predicted molar refractivity (Wildman–Crippen MR) is 253 cm³/mol. The molecule has 2 heterocycles. The van der Waals surface area contributed by atoms with Gasteiger partial charge >= 0.3 is 5.51 Å². The number of rotatable bonds is 15. The lowest BCUT2D eigenvalue weighted by Gasteiger charge is -2.37. The standard InChI is InChI=1S/C47H48F5N5O3S4/c1-30(2)57-32(4)46(63(5)58)44(45(57)33-11-13-34(48)14-12-33)40-27-37(28-41(49)31(40)3)56-24-22-55(23-25-56)36-17-15-35(16-18-36)54-62-39-19-20-42(43(29-39)64(59,60)47(50,51)52)53-21-26-61-38-9-7-6-8-10-38/h6-20,27-30,53-54H,21-26H2,1-5H3. The summed E-state index contributed by atoms with van der Waals surface area (Å²) < 4.78 is 115. The Morgan fingerprint density at radius 3 is 2.06 bits per heavy atom. The van der Waals surface area contributed by atoms with Crippen molar-refractivity contribution in [2.75, 3.05) is 64.6 Å². The summed E-state index contributed by atoms with van der Waals surface area (Å²) in [5.74, 6) is -0.254. The molecule has 6 aromatic rings. The van der Waals surface area contributed by atoms with Crippen LogP contribution in [-0.4, -0.2) is 67.8 Å². The van der Waals surface area contributed by atoms with E-state index < -0.39 is 31.4 Å². The van der Waals surface area contributed by atoms with Gasteiger partial charge in [0.1, 0.15) is 22.8 Å². The Bertz CT molecular complexity index is 2690. The third-order valence-corrected chi connectivity index (χ3v) is 15.5. The molecule has 1 atom stereocenters. The lowest BCUT2D eigenvalue weighted by Crippen LogP contribution is -2.46. The van der Waals surface area contributed by atoms with Crippen molar-refractivity contribution in [2.45, 2.75) is 58.8 Å². The van der Waals surface area contributed by atoms with Crippen molar-refractivity contribution in [1.82, 2.24) is 4.57 Å². The van der Waals surface area contributed by atoms with Gasteiger partial charge in [-0.15, -0.1) is 11.8 Å². The van der Waals surface area contributed by atoms with E-state index in [1.807, 2.05) is 81.4 Å². The maximum atomic E-state index is 16.0. The first-order chi connectivity index (χ1) is 30.4. The molecule has 7 rings (SSSR count). The normalized spacial score (nSPS) is 14.0. The van der Waals surface area contributed by atoms with Crippen LogP contribution in [0.5, 0.6) is 0 Å². The average molecular weight is 954 g/mol. The first-order valence-corrected chi connectivity index (χ1v) is 25.3. The number of thioether (sulfide) groups is 1. The molecular weight excluding hydrogens is 906 g/mol. The van der Waals surface area contributed by atoms with Gasteiger partial charge in [-0.1, -0.05) is 18.2 Å². The summed E-state index contributed by atoms with van der Waals surface area (Å²) in [6.07, 6.45) is 1.62. The fraction of sp³-hybridized carbons (Fsp3) is 0.277. The van der Waals surface area contributed by atoms with Crippen LogP contribution in [0.2, 0.25) is 0 Å². The lowest BCUT2D eigenvalue weighted by molar-refractivity contribution is -0.0435. The Labute approximate surface area is 382 Å². The van der Waals surface area contributed by atoms with Gasteiger partial charge in [0, 0.05) is 71.4 Å². The number of nitrogens with one attached hydrogen (secondary N) is 2. The van der Waals surface area contributed by atoms with Gasteiger partial charge < -0.3 is 29.0 Å². The third-order valence-electron chi connectivity index (χ3n) is 11.1. The molecule has 2 N–H and O–H groups in total. The fourth-order valence-electron chi connectivity index (χ4n) is 7.94. The molecule has 0 bridgehead atoms. The number of halogens is 5. The maximum Gasteiger partial charge on any atom is 0.501 e. The second-order valence-electron chi connectivity index (χ2n) is 15.6. The smallest absolute Gasteiger partial charge is 0.501 e. The number of anilines is 4. The molecule has 338 valence electrons. The van der Waals surface area contributed by atoms with E-state index in [0.29, 0.717) is 64.9 Å². The van der Waals surface area contributed by atoms with Gasteiger partial charge in [-0.2, -0.15) is 13.2 Å². The maximum absolute atomic E-state index is 16.0. The number of sulfone groups is 1. The van der Waals surface area contributed by atoms with E-state index in [9.17, 15) is 30.5 Å². The minimum absolute atomic E-state index is 0.0255. The topological polar surface area (TPSA) is 92.7 Å². The molecule has 5 aromatic carbocycles. The molecule has 0 spiro atoms. The SMILES string of the molecule is Cc1c(F)cc(N2CCN(c3ccc(NSc4ccc(NCCSc5ccccc5)c(S(=O)(=O)C(F)(F)F)c4)cc3)CC2)cc1-c1c([S+](C)[O-])c(C)n(C(C)C)c1-c1ccc(F)cc1. The zero-order chi connectivity index (χ0) is 45.9. The van der Waals surface area contributed by atoms with Crippen LogP contribution in [0.4, 0.5) is 44.7 Å². The second-order valence-corrected chi connectivity index (χ2v) is 20.9. The quantitative estimate of drug-likeness (QED) is 0.0343. The van der Waals surface area contributed by atoms with Gasteiger partial charge in [0.05, 0.1) is 22.6 Å². The third kappa shape index (κ3) is 10.2. The van der Waals surface area contributed by atoms with Gasteiger partial charge in [-0.25, -0.2) is 17.2 Å². The summed E-state index contributed by atoms with van der Waals surface area (Å²) in [5, 5.41) is 2.87. The van der Waals surface area contributed by atoms with E-state index in [0.717, 1.165) is 45.5 Å². The summed E-state index contributed by atoms with van der Waals surface area (Å²) in [7, 11) is -5.64. The number of aromatic nitrogens is 1. The van der Waals surface area contributed by atoms with Crippen molar-refractivity contribution < 1.29 is 34.9 Å².